The molecular weight excluding hydrogens is 310 g/mol. The van der Waals surface area contributed by atoms with Crippen LogP contribution in [0.1, 0.15) is 41.9 Å². The number of hydrogen-bond donors (Lipinski definition) is 0. The van der Waals surface area contributed by atoms with Crippen molar-refractivity contribution in [2.45, 2.75) is 26.3 Å². The first-order chi connectivity index (χ1) is 11.5. The Morgan fingerprint density at radius 1 is 1.29 bits per heavy atom. The fourth-order valence-electron chi connectivity index (χ4n) is 2.06. The standard InChI is InChI=1S/C16H17N5O3/c1-10(2)13-7-12(19-23-13)16(22)21(3)9-14-18-15(20-24-14)11-5-4-6-17-8-11/h4-8,10H,9H2,1-3H3. The molecule has 0 fully saturated rings. The summed E-state index contributed by atoms with van der Waals surface area (Å²) in [6.45, 7) is 4.11. The molecule has 3 rings (SSSR count). The van der Waals surface area contributed by atoms with Gasteiger partial charge in [-0.05, 0) is 12.1 Å². The number of pyridine rings is 1. The maximum atomic E-state index is 12.4. The zero-order valence-corrected chi connectivity index (χ0v) is 13.6. The lowest BCUT2D eigenvalue weighted by atomic mass is 10.1. The van der Waals surface area contributed by atoms with Gasteiger partial charge in [-0.15, -0.1) is 0 Å². The van der Waals surface area contributed by atoms with E-state index < -0.39 is 0 Å². The van der Waals surface area contributed by atoms with E-state index in [9.17, 15) is 4.79 Å². The number of amides is 1. The Morgan fingerprint density at radius 3 is 2.79 bits per heavy atom. The van der Waals surface area contributed by atoms with Crippen LogP contribution in [0.3, 0.4) is 0 Å². The van der Waals surface area contributed by atoms with Gasteiger partial charge in [0, 0.05) is 37.0 Å². The van der Waals surface area contributed by atoms with E-state index in [2.05, 4.69) is 20.3 Å². The molecule has 0 atom stereocenters. The minimum Gasteiger partial charge on any atom is -0.360 e. The molecule has 3 aromatic heterocycles. The van der Waals surface area contributed by atoms with Gasteiger partial charge in [-0.2, -0.15) is 4.98 Å². The molecule has 124 valence electrons. The summed E-state index contributed by atoms with van der Waals surface area (Å²) in [4.78, 5) is 22.1. The number of carbonyl (C=O) groups excluding carboxylic acids is 1. The second-order valence-electron chi connectivity index (χ2n) is 5.68. The highest BCUT2D eigenvalue weighted by Gasteiger charge is 2.20. The van der Waals surface area contributed by atoms with Gasteiger partial charge in [0.1, 0.15) is 12.3 Å². The molecule has 1 amide bonds. The van der Waals surface area contributed by atoms with Crippen LogP contribution >= 0.6 is 0 Å². The fraction of sp³-hybridized carbons (Fsp3) is 0.312. The van der Waals surface area contributed by atoms with E-state index in [-0.39, 0.29) is 24.1 Å². The third-order valence-electron chi connectivity index (χ3n) is 3.42. The monoisotopic (exact) mass is 327 g/mol. The van der Waals surface area contributed by atoms with E-state index in [1.165, 1.54) is 4.90 Å². The summed E-state index contributed by atoms with van der Waals surface area (Å²) < 4.78 is 10.3. The Hall–Kier alpha value is -3.03. The van der Waals surface area contributed by atoms with Crippen molar-refractivity contribution in [1.82, 2.24) is 25.2 Å². The summed E-state index contributed by atoms with van der Waals surface area (Å²) in [5, 5.41) is 7.71. The minimum absolute atomic E-state index is 0.169. The quantitative estimate of drug-likeness (QED) is 0.710. The lowest BCUT2D eigenvalue weighted by Crippen LogP contribution is -2.26. The number of rotatable bonds is 5. The molecule has 0 aliphatic rings. The van der Waals surface area contributed by atoms with Crippen LogP contribution in [0.5, 0.6) is 0 Å². The lowest BCUT2D eigenvalue weighted by molar-refractivity contribution is 0.0759. The van der Waals surface area contributed by atoms with Crippen LogP contribution in [0.15, 0.2) is 39.6 Å². The van der Waals surface area contributed by atoms with E-state index in [0.29, 0.717) is 17.5 Å². The van der Waals surface area contributed by atoms with Crippen LogP contribution in [0, 0.1) is 0 Å². The van der Waals surface area contributed by atoms with Gasteiger partial charge in [0.05, 0.1) is 0 Å². The molecule has 8 heteroatoms. The van der Waals surface area contributed by atoms with Crippen LogP contribution in [0.4, 0.5) is 0 Å². The highest BCUT2D eigenvalue weighted by atomic mass is 16.5. The minimum atomic E-state index is -0.272. The SMILES string of the molecule is CC(C)c1cc(C(=O)N(C)Cc2nc(-c3cccnc3)no2)no1. The average Bonchev–Trinajstić information content (AvgIpc) is 3.24. The Balaban J connectivity index is 1.69. The summed E-state index contributed by atoms with van der Waals surface area (Å²) >= 11 is 0. The summed E-state index contributed by atoms with van der Waals surface area (Å²) in [7, 11) is 1.64. The maximum absolute atomic E-state index is 12.4. The molecule has 0 unspecified atom stereocenters. The molecule has 0 spiro atoms. The van der Waals surface area contributed by atoms with Gasteiger partial charge in [0.2, 0.25) is 11.7 Å². The molecule has 0 radical (unpaired) electrons. The first-order valence-corrected chi connectivity index (χ1v) is 7.49. The third kappa shape index (κ3) is 3.32. The summed E-state index contributed by atoms with van der Waals surface area (Å²) in [6, 6.07) is 5.27. The summed E-state index contributed by atoms with van der Waals surface area (Å²) in [5.41, 5.74) is 1.01. The average molecular weight is 327 g/mol. The van der Waals surface area contributed by atoms with Gasteiger partial charge in [-0.1, -0.05) is 24.2 Å². The van der Waals surface area contributed by atoms with Gasteiger partial charge < -0.3 is 13.9 Å². The summed E-state index contributed by atoms with van der Waals surface area (Å²) in [5.74, 6) is 1.33. The number of aromatic nitrogens is 4. The van der Waals surface area contributed by atoms with Crippen molar-refractivity contribution < 1.29 is 13.8 Å². The zero-order chi connectivity index (χ0) is 17.1. The topological polar surface area (TPSA) is 98.2 Å². The van der Waals surface area contributed by atoms with Crippen molar-refractivity contribution in [2.24, 2.45) is 0 Å². The van der Waals surface area contributed by atoms with E-state index in [0.717, 1.165) is 5.56 Å². The molecule has 0 aromatic carbocycles. The smallest absolute Gasteiger partial charge is 0.276 e. The van der Waals surface area contributed by atoms with Crippen LogP contribution in [0.2, 0.25) is 0 Å². The lowest BCUT2D eigenvalue weighted by Gasteiger charge is -2.12. The number of carbonyl (C=O) groups is 1. The highest BCUT2D eigenvalue weighted by molar-refractivity contribution is 5.92. The summed E-state index contributed by atoms with van der Waals surface area (Å²) in [6.07, 6.45) is 3.31. The molecule has 0 aliphatic heterocycles. The largest absolute Gasteiger partial charge is 0.360 e. The number of nitrogens with zero attached hydrogens (tertiary/aromatic N) is 5. The maximum Gasteiger partial charge on any atom is 0.276 e. The molecule has 0 N–H and O–H groups in total. The molecule has 0 bridgehead atoms. The fourth-order valence-corrected chi connectivity index (χ4v) is 2.06. The second-order valence-corrected chi connectivity index (χ2v) is 5.68. The van der Waals surface area contributed by atoms with Crippen LogP contribution in [0.25, 0.3) is 11.4 Å². The van der Waals surface area contributed by atoms with Crippen molar-refractivity contribution in [3.05, 3.63) is 47.9 Å². The van der Waals surface area contributed by atoms with E-state index in [1.54, 1.807) is 31.6 Å². The Labute approximate surface area is 138 Å². The first kappa shape index (κ1) is 15.9. The molecule has 8 nitrogen and oxygen atoms in total. The number of hydrogen-bond acceptors (Lipinski definition) is 7. The molecule has 3 heterocycles. The Bertz CT molecular complexity index is 825. The van der Waals surface area contributed by atoms with Crippen molar-refractivity contribution in [3.63, 3.8) is 0 Å². The van der Waals surface area contributed by atoms with E-state index in [4.69, 9.17) is 9.05 Å². The van der Waals surface area contributed by atoms with Crippen molar-refractivity contribution in [3.8, 4) is 11.4 Å². The zero-order valence-electron chi connectivity index (χ0n) is 13.6. The van der Waals surface area contributed by atoms with Gasteiger partial charge in [0.15, 0.2) is 5.69 Å². The van der Waals surface area contributed by atoms with Gasteiger partial charge >= 0.3 is 0 Å². The van der Waals surface area contributed by atoms with E-state index >= 15 is 0 Å². The molecule has 24 heavy (non-hydrogen) atoms. The van der Waals surface area contributed by atoms with E-state index in [1.807, 2.05) is 19.9 Å². The van der Waals surface area contributed by atoms with Gasteiger partial charge in [-0.3, -0.25) is 9.78 Å². The van der Waals surface area contributed by atoms with Crippen LogP contribution in [-0.4, -0.2) is 38.1 Å². The van der Waals surface area contributed by atoms with Crippen molar-refractivity contribution >= 4 is 5.91 Å². The second kappa shape index (κ2) is 6.61. The molecule has 0 saturated heterocycles. The predicted octanol–water partition coefficient (Wildman–Crippen LogP) is 2.52. The highest BCUT2D eigenvalue weighted by Crippen LogP contribution is 2.17. The molecule has 3 aromatic rings. The van der Waals surface area contributed by atoms with Gasteiger partial charge in [-0.25, -0.2) is 0 Å². The third-order valence-corrected chi connectivity index (χ3v) is 3.42. The Kier molecular flexibility index (Phi) is 4.37. The molecular formula is C16H17N5O3. The van der Waals surface area contributed by atoms with Crippen LogP contribution < -0.4 is 0 Å². The Morgan fingerprint density at radius 2 is 2.12 bits per heavy atom. The first-order valence-electron chi connectivity index (χ1n) is 7.49. The van der Waals surface area contributed by atoms with Crippen molar-refractivity contribution in [2.75, 3.05) is 7.05 Å². The normalized spacial score (nSPS) is 11.0. The van der Waals surface area contributed by atoms with Crippen LogP contribution in [-0.2, 0) is 6.54 Å². The van der Waals surface area contributed by atoms with Gasteiger partial charge in [0.25, 0.3) is 5.91 Å². The predicted molar refractivity (Wildman–Crippen MR) is 83.9 cm³/mol. The molecule has 0 aliphatic carbocycles. The molecule has 0 saturated carbocycles. The van der Waals surface area contributed by atoms with Crippen molar-refractivity contribution in [1.29, 1.82) is 0 Å².